The van der Waals surface area contributed by atoms with Gasteiger partial charge in [0.15, 0.2) is 5.04 Å². The highest BCUT2D eigenvalue weighted by Crippen LogP contribution is 2.31. The number of aliphatic imine (C=N–C) groups is 1. The monoisotopic (exact) mass is 439 g/mol. The van der Waals surface area contributed by atoms with Crippen LogP contribution >= 0.6 is 11.8 Å². The standard InChI is InChI=1S/C23H25N3O4S/c1-2-30-23(28)22-25-20(15-31-22)16-3-5-17(6-4-16)21(27)24-18-7-9-19(10-8-18)26-11-13-29-14-12-26/h3-10,20H,2,11-15H2,1H3,(H,24,27). The molecule has 0 aliphatic carbocycles. The van der Waals surface area contributed by atoms with Crippen LogP contribution in [0, 0.1) is 0 Å². The predicted octanol–water partition coefficient (Wildman–Crippen LogP) is 3.53. The number of morpholine rings is 1. The van der Waals surface area contributed by atoms with Crippen LogP contribution in [-0.2, 0) is 14.3 Å². The first-order valence-electron chi connectivity index (χ1n) is 10.4. The minimum absolute atomic E-state index is 0.103. The van der Waals surface area contributed by atoms with Crippen molar-refractivity contribution in [2.45, 2.75) is 13.0 Å². The summed E-state index contributed by atoms with van der Waals surface area (Å²) in [5, 5.41) is 3.35. The molecule has 2 aromatic carbocycles. The van der Waals surface area contributed by atoms with Gasteiger partial charge in [-0.25, -0.2) is 4.79 Å². The third-order valence-electron chi connectivity index (χ3n) is 5.16. The largest absolute Gasteiger partial charge is 0.461 e. The maximum atomic E-state index is 12.6. The average molecular weight is 440 g/mol. The quantitative estimate of drug-likeness (QED) is 0.694. The van der Waals surface area contributed by atoms with E-state index in [1.54, 1.807) is 19.1 Å². The van der Waals surface area contributed by atoms with Crippen LogP contribution in [0.2, 0.25) is 0 Å². The molecule has 1 amide bonds. The van der Waals surface area contributed by atoms with E-state index >= 15 is 0 Å². The SMILES string of the molecule is CCOC(=O)C1=NC(c2ccc(C(=O)Nc3ccc(N4CCOCC4)cc3)cc2)CS1. The van der Waals surface area contributed by atoms with Crippen LogP contribution in [0.4, 0.5) is 11.4 Å². The Morgan fingerprint density at radius 2 is 1.84 bits per heavy atom. The molecule has 0 aromatic heterocycles. The summed E-state index contributed by atoms with van der Waals surface area (Å²) in [6.45, 7) is 5.35. The van der Waals surface area contributed by atoms with E-state index in [0.717, 1.165) is 43.2 Å². The number of nitrogens with one attached hydrogen (secondary N) is 1. The number of esters is 1. The molecule has 0 radical (unpaired) electrons. The van der Waals surface area contributed by atoms with Crippen LogP contribution in [0.1, 0.15) is 28.9 Å². The smallest absolute Gasteiger partial charge is 0.363 e. The second kappa shape index (κ2) is 9.98. The van der Waals surface area contributed by atoms with Crippen LogP contribution in [0.5, 0.6) is 0 Å². The number of hydrogen-bond donors (Lipinski definition) is 1. The molecule has 1 fully saturated rings. The molecule has 0 bridgehead atoms. The number of amides is 1. The molecule has 7 nitrogen and oxygen atoms in total. The molecule has 8 heteroatoms. The van der Waals surface area contributed by atoms with Gasteiger partial charge >= 0.3 is 5.97 Å². The lowest BCUT2D eigenvalue weighted by Gasteiger charge is -2.28. The predicted molar refractivity (Wildman–Crippen MR) is 123 cm³/mol. The molecule has 4 rings (SSSR count). The molecule has 162 valence electrons. The highest BCUT2D eigenvalue weighted by molar-refractivity contribution is 8.16. The molecule has 2 aromatic rings. The van der Waals surface area contributed by atoms with E-state index < -0.39 is 0 Å². The van der Waals surface area contributed by atoms with E-state index in [9.17, 15) is 9.59 Å². The number of carbonyl (C=O) groups excluding carboxylic acids is 2. The number of thioether (sulfide) groups is 1. The van der Waals surface area contributed by atoms with Crippen LogP contribution in [0.15, 0.2) is 53.5 Å². The summed E-state index contributed by atoms with van der Waals surface area (Å²) in [7, 11) is 0. The highest BCUT2D eigenvalue weighted by Gasteiger charge is 2.25. The van der Waals surface area contributed by atoms with Crippen molar-refractivity contribution >= 4 is 40.1 Å². The fourth-order valence-corrected chi connectivity index (χ4v) is 4.45. The van der Waals surface area contributed by atoms with E-state index in [0.29, 0.717) is 23.0 Å². The number of carbonyl (C=O) groups is 2. The topological polar surface area (TPSA) is 80.2 Å². The third kappa shape index (κ3) is 5.26. The number of ether oxygens (including phenoxy) is 2. The molecule has 1 atom stereocenters. The van der Waals surface area contributed by atoms with Gasteiger partial charge in [-0.05, 0) is 48.9 Å². The Balaban J connectivity index is 1.36. The summed E-state index contributed by atoms with van der Waals surface area (Å²) in [4.78, 5) is 31.2. The molecular weight excluding hydrogens is 414 g/mol. The number of nitrogens with zero attached hydrogens (tertiary/aromatic N) is 2. The van der Waals surface area contributed by atoms with Crippen LogP contribution in [-0.4, -0.2) is 55.6 Å². The molecule has 31 heavy (non-hydrogen) atoms. The average Bonchev–Trinajstić information content (AvgIpc) is 3.31. The maximum absolute atomic E-state index is 12.6. The van der Waals surface area contributed by atoms with Gasteiger partial charge in [-0.1, -0.05) is 23.9 Å². The van der Waals surface area contributed by atoms with Gasteiger partial charge in [0.25, 0.3) is 5.91 Å². The van der Waals surface area contributed by atoms with E-state index in [1.165, 1.54) is 11.8 Å². The Kier molecular flexibility index (Phi) is 6.89. The first kappa shape index (κ1) is 21.4. The lowest BCUT2D eigenvalue weighted by atomic mass is 10.1. The van der Waals surface area contributed by atoms with Gasteiger partial charge in [0.05, 0.1) is 25.9 Å². The molecule has 2 aliphatic rings. The van der Waals surface area contributed by atoms with Crippen LogP contribution < -0.4 is 10.2 Å². The zero-order valence-electron chi connectivity index (χ0n) is 17.4. The van der Waals surface area contributed by atoms with Gasteiger partial charge in [-0.15, -0.1) is 0 Å². The molecule has 1 unspecified atom stereocenters. The zero-order chi connectivity index (χ0) is 21.6. The van der Waals surface area contributed by atoms with Gasteiger partial charge < -0.3 is 19.7 Å². The van der Waals surface area contributed by atoms with E-state index in [4.69, 9.17) is 9.47 Å². The number of hydrogen-bond acceptors (Lipinski definition) is 7. The van der Waals surface area contributed by atoms with Crippen LogP contribution in [0.25, 0.3) is 0 Å². The fraction of sp³-hybridized carbons (Fsp3) is 0.348. The fourth-order valence-electron chi connectivity index (χ4n) is 3.49. The summed E-state index contributed by atoms with van der Waals surface area (Å²) in [5.41, 5.74) is 3.42. The maximum Gasteiger partial charge on any atom is 0.363 e. The van der Waals surface area contributed by atoms with Gasteiger partial charge in [0.2, 0.25) is 0 Å². The lowest BCUT2D eigenvalue weighted by molar-refractivity contribution is -0.134. The van der Waals surface area contributed by atoms with Crippen molar-refractivity contribution in [2.24, 2.45) is 4.99 Å². The number of rotatable bonds is 6. The summed E-state index contributed by atoms with van der Waals surface area (Å²) in [5.74, 6) is 0.155. The van der Waals surface area contributed by atoms with Crippen molar-refractivity contribution in [3.8, 4) is 0 Å². The lowest BCUT2D eigenvalue weighted by Crippen LogP contribution is -2.36. The summed E-state index contributed by atoms with van der Waals surface area (Å²) in [6.07, 6.45) is 0. The molecule has 1 N–H and O–H groups in total. The Labute approximate surface area is 185 Å². The Morgan fingerprint density at radius 3 is 2.52 bits per heavy atom. The zero-order valence-corrected chi connectivity index (χ0v) is 18.2. The van der Waals surface area contributed by atoms with Crippen molar-refractivity contribution < 1.29 is 19.1 Å². The van der Waals surface area contributed by atoms with Gasteiger partial charge in [0, 0.05) is 35.8 Å². The molecule has 2 heterocycles. The first-order chi connectivity index (χ1) is 15.1. The van der Waals surface area contributed by atoms with Gasteiger partial charge in [-0.3, -0.25) is 9.79 Å². The second-order valence-corrected chi connectivity index (χ2v) is 8.21. The molecule has 1 saturated heterocycles. The van der Waals surface area contributed by atoms with Crippen molar-refractivity contribution in [3.05, 3.63) is 59.7 Å². The van der Waals surface area contributed by atoms with Crippen molar-refractivity contribution in [1.29, 1.82) is 0 Å². The van der Waals surface area contributed by atoms with Gasteiger partial charge in [-0.2, -0.15) is 0 Å². The highest BCUT2D eigenvalue weighted by atomic mass is 32.2. The summed E-state index contributed by atoms with van der Waals surface area (Å²) in [6, 6.07) is 15.1. The van der Waals surface area contributed by atoms with E-state index in [1.807, 2.05) is 36.4 Å². The molecule has 0 spiro atoms. The Bertz CT molecular complexity index is 954. The molecule has 0 saturated carbocycles. The van der Waals surface area contributed by atoms with Gasteiger partial charge in [0.1, 0.15) is 0 Å². The minimum Gasteiger partial charge on any atom is -0.461 e. The second-order valence-electron chi connectivity index (χ2n) is 7.20. The van der Waals surface area contributed by atoms with E-state index in [2.05, 4.69) is 15.2 Å². The third-order valence-corrected chi connectivity index (χ3v) is 6.19. The Morgan fingerprint density at radius 1 is 1.13 bits per heavy atom. The normalized spacial score (nSPS) is 18.4. The van der Waals surface area contributed by atoms with Crippen molar-refractivity contribution in [2.75, 3.05) is 48.9 Å². The van der Waals surface area contributed by atoms with E-state index in [-0.39, 0.29) is 17.9 Å². The summed E-state index contributed by atoms with van der Waals surface area (Å²) >= 11 is 1.40. The number of benzene rings is 2. The Hall–Kier alpha value is -2.84. The summed E-state index contributed by atoms with van der Waals surface area (Å²) < 4.78 is 10.4. The first-order valence-corrected chi connectivity index (χ1v) is 11.3. The number of anilines is 2. The molecular formula is C23H25N3O4S. The minimum atomic E-state index is -0.370. The van der Waals surface area contributed by atoms with Crippen LogP contribution in [0.3, 0.4) is 0 Å². The molecule has 2 aliphatic heterocycles. The van der Waals surface area contributed by atoms with Crippen molar-refractivity contribution in [3.63, 3.8) is 0 Å². The van der Waals surface area contributed by atoms with Crippen molar-refractivity contribution in [1.82, 2.24) is 0 Å².